The maximum Gasteiger partial charge on any atom is 0.320 e. The van der Waals surface area contributed by atoms with E-state index in [1.54, 1.807) is 12.1 Å². The van der Waals surface area contributed by atoms with Gasteiger partial charge in [-0.2, -0.15) is 0 Å². The zero-order valence-electron chi connectivity index (χ0n) is 12.1. The Bertz CT molecular complexity index is 476. The molecule has 0 radical (unpaired) electrons. The summed E-state index contributed by atoms with van der Waals surface area (Å²) < 4.78 is 10.4. The molecular weight excluding hydrogens is 282 g/mol. The monoisotopic (exact) mass is 301 g/mol. The summed E-state index contributed by atoms with van der Waals surface area (Å²) in [7, 11) is 3.04. The third-order valence-corrected chi connectivity index (χ3v) is 3.23. The zero-order valence-corrected chi connectivity index (χ0v) is 12.8. The molecule has 0 unspecified atom stereocenters. The molecule has 1 rings (SSSR count). The molecule has 112 valence electrons. The van der Waals surface area contributed by atoms with E-state index in [0.29, 0.717) is 23.1 Å². The minimum Gasteiger partial charge on any atom is -0.493 e. The molecule has 1 atom stereocenters. The Morgan fingerprint density at radius 3 is 2.45 bits per heavy atom. The van der Waals surface area contributed by atoms with Gasteiger partial charge in [0.15, 0.2) is 11.5 Å². The summed E-state index contributed by atoms with van der Waals surface area (Å²) in [6.45, 7) is 4.09. The molecule has 1 aromatic carbocycles. The predicted octanol–water partition coefficient (Wildman–Crippen LogP) is 2.56. The summed E-state index contributed by atoms with van der Waals surface area (Å²) >= 11 is 6.10. The highest BCUT2D eigenvalue weighted by atomic mass is 35.5. The predicted molar refractivity (Wildman–Crippen MR) is 77.7 cm³/mol. The SMILES string of the molecule is COc1cc(CN[C@@H](C(=O)O)C(C)C)cc(Cl)c1OC. The van der Waals surface area contributed by atoms with Crippen LogP contribution < -0.4 is 14.8 Å². The van der Waals surface area contributed by atoms with Crippen LogP contribution >= 0.6 is 11.6 Å². The lowest BCUT2D eigenvalue weighted by Gasteiger charge is -2.18. The van der Waals surface area contributed by atoms with Gasteiger partial charge in [0.25, 0.3) is 0 Å². The summed E-state index contributed by atoms with van der Waals surface area (Å²) in [4.78, 5) is 11.1. The fourth-order valence-electron chi connectivity index (χ4n) is 1.91. The van der Waals surface area contributed by atoms with E-state index in [0.717, 1.165) is 5.56 Å². The van der Waals surface area contributed by atoms with Crippen LogP contribution in [0.25, 0.3) is 0 Å². The number of ether oxygens (including phenoxy) is 2. The number of hydrogen-bond acceptors (Lipinski definition) is 4. The van der Waals surface area contributed by atoms with Crippen molar-refractivity contribution >= 4 is 17.6 Å². The van der Waals surface area contributed by atoms with Crippen molar-refractivity contribution in [2.24, 2.45) is 5.92 Å². The Hall–Kier alpha value is -1.46. The Morgan fingerprint density at radius 2 is 2.00 bits per heavy atom. The van der Waals surface area contributed by atoms with E-state index in [1.807, 2.05) is 13.8 Å². The van der Waals surface area contributed by atoms with Gasteiger partial charge in [0.05, 0.1) is 19.2 Å². The number of halogens is 1. The summed E-state index contributed by atoms with van der Waals surface area (Å²) in [5, 5.41) is 12.6. The normalized spacial score (nSPS) is 12.3. The fraction of sp³-hybridized carbons (Fsp3) is 0.500. The van der Waals surface area contributed by atoms with Crippen LogP contribution in [-0.2, 0) is 11.3 Å². The molecule has 0 amide bonds. The van der Waals surface area contributed by atoms with Crippen molar-refractivity contribution in [3.8, 4) is 11.5 Å². The van der Waals surface area contributed by atoms with E-state index >= 15 is 0 Å². The van der Waals surface area contributed by atoms with E-state index in [-0.39, 0.29) is 5.92 Å². The standard InChI is InChI=1S/C14H20ClNO4/c1-8(2)12(14(17)18)16-7-9-5-10(15)13(20-4)11(6-9)19-3/h5-6,8,12,16H,7H2,1-4H3,(H,17,18)/t12-/m1/s1. The van der Waals surface area contributed by atoms with Gasteiger partial charge in [0.1, 0.15) is 6.04 Å². The molecule has 20 heavy (non-hydrogen) atoms. The zero-order chi connectivity index (χ0) is 15.3. The van der Waals surface area contributed by atoms with E-state index in [2.05, 4.69) is 5.32 Å². The molecule has 0 aliphatic rings. The largest absolute Gasteiger partial charge is 0.493 e. The maximum absolute atomic E-state index is 11.1. The highest BCUT2D eigenvalue weighted by molar-refractivity contribution is 6.32. The second-order valence-corrected chi connectivity index (χ2v) is 5.16. The number of benzene rings is 1. The number of methoxy groups -OCH3 is 2. The van der Waals surface area contributed by atoms with Crippen LogP contribution in [0.1, 0.15) is 19.4 Å². The first kappa shape index (κ1) is 16.6. The quantitative estimate of drug-likeness (QED) is 0.810. The average Bonchev–Trinajstić information content (AvgIpc) is 2.37. The third kappa shape index (κ3) is 4.02. The molecule has 0 bridgehead atoms. The molecule has 0 saturated heterocycles. The summed E-state index contributed by atoms with van der Waals surface area (Å²) in [6, 6.07) is 2.90. The van der Waals surface area contributed by atoms with Gasteiger partial charge in [-0.15, -0.1) is 0 Å². The van der Waals surface area contributed by atoms with E-state index in [1.165, 1.54) is 14.2 Å². The van der Waals surface area contributed by atoms with Crippen molar-refractivity contribution in [2.45, 2.75) is 26.4 Å². The van der Waals surface area contributed by atoms with Crippen molar-refractivity contribution in [2.75, 3.05) is 14.2 Å². The lowest BCUT2D eigenvalue weighted by Crippen LogP contribution is -2.40. The van der Waals surface area contributed by atoms with Gasteiger partial charge in [0, 0.05) is 6.54 Å². The van der Waals surface area contributed by atoms with Gasteiger partial charge in [0.2, 0.25) is 0 Å². The Labute approximate surface area is 123 Å². The lowest BCUT2D eigenvalue weighted by molar-refractivity contribution is -0.140. The highest BCUT2D eigenvalue weighted by Crippen LogP contribution is 2.35. The van der Waals surface area contributed by atoms with Crippen molar-refractivity contribution in [3.05, 3.63) is 22.7 Å². The molecule has 0 aliphatic carbocycles. The van der Waals surface area contributed by atoms with Gasteiger partial charge < -0.3 is 19.9 Å². The number of carbonyl (C=O) groups is 1. The Morgan fingerprint density at radius 1 is 1.35 bits per heavy atom. The van der Waals surface area contributed by atoms with Gasteiger partial charge in [-0.3, -0.25) is 4.79 Å². The van der Waals surface area contributed by atoms with Crippen LogP contribution in [-0.4, -0.2) is 31.3 Å². The van der Waals surface area contributed by atoms with Crippen LogP contribution in [0.5, 0.6) is 11.5 Å². The average molecular weight is 302 g/mol. The van der Waals surface area contributed by atoms with Crippen LogP contribution in [0.3, 0.4) is 0 Å². The molecule has 0 fully saturated rings. The number of nitrogens with one attached hydrogen (secondary N) is 1. The smallest absolute Gasteiger partial charge is 0.320 e. The third-order valence-electron chi connectivity index (χ3n) is 2.95. The van der Waals surface area contributed by atoms with Gasteiger partial charge in [-0.25, -0.2) is 0 Å². The second kappa shape index (κ2) is 7.36. The van der Waals surface area contributed by atoms with Crippen molar-refractivity contribution in [1.29, 1.82) is 0 Å². The minimum absolute atomic E-state index is 0.0110. The fourth-order valence-corrected chi connectivity index (χ4v) is 2.22. The topological polar surface area (TPSA) is 67.8 Å². The molecule has 0 aliphatic heterocycles. The first-order chi connectivity index (χ1) is 9.40. The van der Waals surface area contributed by atoms with Crippen LogP contribution in [0.4, 0.5) is 0 Å². The van der Waals surface area contributed by atoms with Gasteiger partial charge in [-0.1, -0.05) is 25.4 Å². The van der Waals surface area contributed by atoms with Crippen LogP contribution in [0, 0.1) is 5.92 Å². The molecule has 5 nitrogen and oxygen atoms in total. The van der Waals surface area contributed by atoms with E-state index < -0.39 is 12.0 Å². The van der Waals surface area contributed by atoms with Crippen molar-refractivity contribution in [1.82, 2.24) is 5.32 Å². The van der Waals surface area contributed by atoms with E-state index in [4.69, 9.17) is 26.2 Å². The number of aliphatic carboxylic acids is 1. The molecule has 0 heterocycles. The number of rotatable bonds is 7. The van der Waals surface area contributed by atoms with Gasteiger partial charge >= 0.3 is 5.97 Å². The lowest BCUT2D eigenvalue weighted by atomic mass is 10.0. The maximum atomic E-state index is 11.1. The molecule has 6 heteroatoms. The van der Waals surface area contributed by atoms with Crippen molar-refractivity contribution in [3.63, 3.8) is 0 Å². The summed E-state index contributed by atoms with van der Waals surface area (Å²) in [5.74, 6) is 0.111. The van der Waals surface area contributed by atoms with Crippen LogP contribution in [0.2, 0.25) is 5.02 Å². The molecular formula is C14H20ClNO4. The number of carboxylic acid groups (broad SMARTS) is 1. The second-order valence-electron chi connectivity index (χ2n) is 4.75. The van der Waals surface area contributed by atoms with Gasteiger partial charge in [-0.05, 0) is 23.6 Å². The molecule has 0 spiro atoms. The first-order valence-corrected chi connectivity index (χ1v) is 6.65. The number of hydrogen-bond donors (Lipinski definition) is 2. The molecule has 0 aromatic heterocycles. The molecule has 0 saturated carbocycles. The molecule has 2 N–H and O–H groups in total. The van der Waals surface area contributed by atoms with E-state index in [9.17, 15) is 4.79 Å². The van der Waals surface area contributed by atoms with Crippen LogP contribution in [0.15, 0.2) is 12.1 Å². The number of carboxylic acids is 1. The Kier molecular flexibility index (Phi) is 6.10. The Balaban J connectivity index is 2.88. The molecule has 1 aromatic rings. The first-order valence-electron chi connectivity index (χ1n) is 6.27. The highest BCUT2D eigenvalue weighted by Gasteiger charge is 2.21. The summed E-state index contributed by atoms with van der Waals surface area (Å²) in [6.07, 6.45) is 0. The minimum atomic E-state index is -0.869. The van der Waals surface area contributed by atoms with Crippen molar-refractivity contribution < 1.29 is 19.4 Å². The summed E-state index contributed by atoms with van der Waals surface area (Å²) in [5.41, 5.74) is 0.833.